The summed E-state index contributed by atoms with van der Waals surface area (Å²) in [6.07, 6.45) is 1.63. The minimum Gasteiger partial charge on any atom is -0.497 e. The first-order valence-electron chi connectivity index (χ1n) is 8.90. The number of amides is 1. The van der Waals surface area contributed by atoms with Crippen LogP contribution in [0.2, 0.25) is 0 Å². The van der Waals surface area contributed by atoms with Crippen LogP contribution in [0.4, 0.5) is 10.5 Å². The maximum absolute atomic E-state index is 12.7. The Morgan fingerprint density at radius 2 is 1.67 bits per heavy atom. The van der Waals surface area contributed by atoms with E-state index in [0.717, 1.165) is 30.1 Å². The Balaban J connectivity index is 1.39. The van der Waals surface area contributed by atoms with Gasteiger partial charge in [-0.2, -0.15) is 5.10 Å². The van der Waals surface area contributed by atoms with E-state index in [1.807, 2.05) is 54.6 Å². The molecule has 0 bridgehead atoms. The molecule has 7 heteroatoms. The number of nitrogens with zero attached hydrogens (tertiary/aromatic N) is 5. The molecule has 2 heterocycles. The molecule has 27 heavy (non-hydrogen) atoms. The molecule has 4 rings (SSSR count). The lowest BCUT2D eigenvalue weighted by Gasteiger charge is -2.35. The zero-order valence-electron chi connectivity index (χ0n) is 15.2. The van der Waals surface area contributed by atoms with Crippen molar-refractivity contribution in [2.75, 3.05) is 38.2 Å². The van der Waals surface area contributed by atoms with Crippen LogP contribution in [-0.2, 0) is 0 Å². The summed E-state index contributed by atoms with van der Waals surface area (Å²) in [5, 5.41) is 8.49. The molecule has 0 saturated carbocycles. The number of methoxy groups -OCH3 is 1. The van der Waals surface area contributed by atoms with Gasteiger partial charge in [-0.05, 0) is 24.3 Å². The van der Waals surface area contributed by atoms with Crippen LogP contribution in [0.25, 0.3) is 11.3 Å². The minimum atomic E-state index is -0.188. The van der Waals surface area contributed by atoms with Crippen molar-refractivity contribution in [3.8, 4) is 17.0 Å². The van der Waals surface area contributed by atoms with Crippen LogP contribution in [-0.4, -0.2) is 59.2 Å². The lowest BCUT2D eigenvalue weighted by atomic mass is 10.2. The summed E-state index contributed by atoms with van der Waals surface area (Å²) in [5.41, 5.74) is 2.77. The number of piperazine rings is 1. The molecule has 1 saturated heterocycles. The topological polar surface area (TPSA) is 63.5 Å². The van der Waals surface area contributed by atoms with Crippen molar-refractivity contribution in [2.24, 2.45) is 0 Å². The Hall–Kier alpha value is -3.35. The number of carbonyl (C=O) groups excluding carboxylic acids is 1. The van der Waals surface area contributed by atoms with E-state index < -0.39 is 0 Å². The van der Waals surface area contributed by atoms with Crippen LogP contribution in [0.5, 0.6) is 5.75 Å². The number of anilines is 1. The molecule has 1 aliphatic heterocycles. The third kappa shape index (κ3) is 3.62. The third-order valence-electron chi connectivity index (χ3n) is 4.72. The molecule has 0 N–H and O–H groups in total. The van der Waals surface area contributed by atoms with Crippen LogP contribution in [0.1, 0.15) is 0 Å². The van der Waals surface area contributed by atoms with Crippen LogP contribution in [0.3, 0.4) is 0 Å². The summed E-state index contributed by atoms with van der Waals surface area (Å²) in [5.74, 6) is 0.839. The zero-order valence-corrected chi connectivity index (χ0v) is 15.2. The highest BCUT2D eigenvalue weighted by Crippen LogP contribution is 2.21. The second-order valence-corrected chi connectivity index (χ2v) is 6.34. The van der Waals surface area contributed by atoms with Gasteiger partial charge in [0.25, 0.3) is 0 Å². The van der Waals surface area contributed by atoms with Crippen LogP contribution in [0, 0.1) is 0 Å². The van der Waals surface area contributed by atoms with Crippen molar-refractivity contribution in [1.29, 1.82) is 0 Å². The van der Waals surface area contributed by atoms with Crippen molar-refractivity contribution in [2.45, 2.75) is 0 Å². The molecule has 0 unspecified atom stereocenters. The first kappa shape index (κ1) is 17.1. The Bertz CT molecular complexity index is 900. The van der Waals surface area contributed by atoms with Gasteiger partial charge in [0.1, 0.15) is 11.4 Å². The number of carbonyl (C=O) groups is 1. The first-order valence-corrected chi connectivity index (χ1v) is 8.90. The van der Waals surface area contributed by atoms with Gasteiger partial charge in [0.2, 0.25) is 0 Å². The Morgan fingerprint density at radius 1 is 0.963 bits per heavy atom. The molecule has 1 aromatic heterocycles. The number of rotatable bonds is 3. The fraction of sp³-hybridized carbons (Fsp3) is 0.250. The van der Waals surface area contributed by atoms with Crippen LogP contribution in [0.15, 0.2) is 60.8 Å². The van der Waals surface area contributed by atoms with Crippen molar-refractivity contribution >= 4 is 11.7 Å². The van der Waals surface area contributed by atoms with E-state index in [2.05, 4.69) is 15.1 Å². The number of hydrogen-bond donors (Lipinski definition) is 0. The molecular formula is C20H21N5O2. The average Bonchev–Trinajstić information content (AvgIpc) is 3.24. The van der Waals surface area contributed by atoms with Crippen LogP contribution < -0.4 is 9.64 Å². The van der Waals surface area contributed by atoms with E-state index in [4.69, 9.17) is 4.74 Å². The summed E-state index contributed by atoms with van der Waals surface area (Å²) in [6.45, 7) is 2.80. The highest BCUT2D eigenvalue weighted by atomic mass is 16.5. The molecule has 3 aromatic rings. The second-order valence-electron chi connectivity index (χ2n) is 6.34. The summed E-state index contributed by atoms with van der Waals surface area (Å²) in [4.78, 5) is 17.9. The molecule has 1 aliphatic rings. The summed E-state index contributed by atoms with van der Waals surface area (Å²) < 4.78 is 5.20. The molecule has 138 valence electrons. The van der Waals surface area contributed by atoms with Crippen LogP contribution >= 0.6 is 0 Å². The average molecular weight is 363 g/mol. The maximum atomic E-state index is 12.7. The van der Waals surface area contributed by atoms with Crippen molar-refractivity contribution in [3.05, 3.63) is 60.8 Å². The minimum absolute atomic E-state index is 0.188. The van der Waals surface area contributed by atoms with Gasteiger partial charge in [0.15, 0.2) is 0 Å². The monoisotopic (exact) mass is 363 g/mol. The standard InChI is InChI=1S/C20H21N5O2/c1-27-18-9-7-17(8-10-18)23-11-13-24(14-12-23)20(26)25-21-15-19(22-25)16-5-3-2-4-6-16/h2-10,15H,11-14H2,1H3. The smallest absolute Gasteiger partial charge is 0.362 e. The van der Waals surface area contributed by atoms with E-state index in [1.54, 1.807) is 18.2 Å². The van der Waals surface area contributed by atoms with E-state index in [-0.39, 0.29) is 6.03 Å². The predicted octanol–water partition coefficient (Wildman–Crippen LogP) is 2.74. The van der Waals surface area contributed by atoms with Gasteiger partial charge in [0.05, 0.1) is 13.3 Å². The lowest BCUT2D eigenvalue weighted by molar-refractivity contribution is 0.189. The van der Waals surface area contributed by atoms with Gasteiger partial charge in [0, 0.05) is 37.4 Å². The van der Waals surface area contributed by atoms with Gasteiger partial charge >= 0.3 is 6.03 Å². The Morgan fingerprint density at radius 3 is 2.33 bits per heavy atom. The van der Waals surface area contributed by atoms with Gasteiger partial charge in [-0.1, -0.05) is 35.1 Å². The summed E-state index contributed by atoms with van der Waals surface area (Å²) in [7, 11) is 1.66. The quantitative estimate of drug-likeness (QED) is 0.716. The molecule has 1 amide bonds. The molecule has 7 nitrogen and oxygen atoms in total. The molecule has 2 aromatic carbocycles. The Labute approximate surface area is 157 Å². The number of ether oxygens (including phenoxy) is 1. The Kier molecular flexibility index (Phi) is 4.74. The molecular weight excluding hydrogens is 342 g/mol. The van der Waals surface area contributed by atoms with E-state index >= 15 is 0 Å². The fourth-order valence-electron chi connectivity index (χ4n) is 3.17. The van der Waals surface area contributed by atoms with Gasteiger partial charge in [-0.25, -0.2) is 4.79 Å². The van der Waals surface area contributed by atoms with E-state index in [0.29, 0.717) is 18.8 Å². The number of aromatic nitrogens is 3. The van der Waals surface area contributed by atoms with Gasteiger partial charge in [-0.3, -0.25) is 0 Å². The second kappa shape index (κ2) is 7.49. The molecule has 1 fully saturated rings. The normalized spacial score (nSPS) is 14.3. The van der Waals surface area contributed by atoms with E-state index in [9.17, 15) is 4.79 Å². The number of benzene rings is 2. The third-order valence-corrected chi connectivity index (χ3v) is 4.72. The van der Waals surface area contributed by atoms with Gasteiger partial charge < -0.3 is 14.5 Å². The zero-order chi connectivity index (χ0) is 18.6. The molecule has 0 aliphatic carbocycles. The van der Waals surface area contributed by atoms with E-state index in [1.165, 1.54) is 4.80 Å². The molecule has 0 spiro atoms. The van der Waals surface area contributed by atoms with Crippen molar-refractivity contribution < 1.29 is 9.53 Å². The highest BCUT2D eigenvalue weighted by molar-refractivity contribution is 5.76. The molecule has 0 radical (unpaired) electrons. The SMILES string of the molecule is COc1ccc(N2CCN(C(=O)n3ncc(-c4ccccc4)n3)CC2)cc1. The fourth-order valence-corrected chi connectivity index (χ4v) is 3.17. The van der Waals surface area contributed by atoms with Crippen molar-refractivity contribution in [1.82, 2.24) is 19.9 Å². The summed E-state index contributed by atoms with van der Waals surface area (Å²) in [6, 6.07) is 17.5. The maximum Gasteiger partial charge on any atom is 0.362 e. The first-order chi connectivity index (χ1) is 13.2. The number of hydrogen-bond acceptors (Lipinski definition) is 5. The predicted molar refractivity (Wildman–Crippen MR) is 103 cm³/mol. The largest absolute Gasteiger partial charge is 0.497 e. The lowest BCUT2D eigenvalue weighted by Crippen LogP contribution is -2.50. The van der Waals surface area contributed by atoms with Gasteiger partial charge in [-0.15, -0.1) is 5.10 Å². The van der Waals surface area contributed by atoms with Crippen molar-refractivity contribution in [3.63, 3.8) is 0 Å². The summed E-state index contributed by atoms with van der Waals surface area (Å²) >= 11 is 0. The molecule has 0 atom stereocenters. The highest BCUT2D eigenvalue weighted by Gasteiger charge is 2.24.